The van der Waals surface area contributed by atoms with Gasteiger partial charge in [-0.05, 0) is 203 Å². The molecule has 6 aromatic carbocycles. The van der Waals surface area contributed by atoms with E-state index in [2.05, 4.69) is 30.4 Å². The number of nitrogens with zero attached hydrogens (tertiary/aromatic N) is 6. The highest BCUT2D eigenvalue weighted by molar-refractivity contribution is 5.63. The van der Waals surface area contributed by atoms with E-state index in [1.54, 1.807) is 72.8 Å². The second-order valence-corrected chi connectivity index (χ2v) is 17.3. The first-order valence-electron chi connectivity index (χ1n) is 23.5. The second kappa shape index (κ2) is 21.2. The fourth-order valence-corrected chi connectivity index (χ4v) is 7.67. The lowest BCUT2D eigenvalue weighted by molar-refractivity contribution is 0.120. The first kappa shape index (κ1) is 45.3. The van der Waals surface area contributed by atoms with Gasteiger partial charge >= 0.3 is 0 Å². The predicted octanol–water partition coefficient (Wildman–Crippen LogP) is 12.5. The molecule has 9 aromatic rings. The van der Waals surface area contributed by atoms with Crippen LogP contribution in [0.4, 0.5) is 0 Å². The third-order valence-corrected chi connectivity index (χ3v) is 12.0. The monoisotopic (exact) mass is 938 g/mol. The predicted molar refractivity (Wildman–Crippen MR) is 260 cm³/mol. The Morgan fingerprint density at radius 2 is 0.586 bits per heavy atom. The summed E-state index contributed by atoms with van der Waals surface area (Å²) in [6, 6.07) is 43.2. The smallest absolute Gasteiger partial charge is 0.258 e. The summed E-state index contributed by atoms with van der Waals surface area (Å²) in [4.78, 5) is 13.2. The molecule has 0 bridgehead atoms. The van der Waals surface area contributed by atoms with Gasteiger partial charge in [-0.2, -0.15) is 15.0 Å². The molecule has 3 fully saturated rings. The summed E-state index contributed by atoms with van der Waals surface area (Å²) in [5, 5.41) is 40.0. The van der Waals surface area contributed by atoms with E-state index in [4.69, 9.17) is 27.8 Å². The van der Waals surface area contributed by atoms with Crippen LogP contribution in [0.5, 0.6) is 34.5 Å². The normalized spacial score (nSPS) is 14.6. The number of hydrogen-bond acceptors (Lipinski definition) is 15. The molecule has 0 aliphatic heterocycles. The van der Waals surface area contributed by atoms with Crippen LogP contribution in [0.3, 0.4) is 0 Å². The van der Waals surface area contributed by atoms with Crippen molar-refractivity contribution in [1.82, 2.24) is 30.4 Å². The van der Waals surface area contributed by atoms with Gasteiger partial charge in [-0.1, -0.05) is 21.9 Å². The molecule has 0 spiro atoms. The minimum atomic E-state index is 0.203. The van der Waals surface area contributed by atoms with Crippen LogP contribution in [0, 0.1) is 0 Å². The van der Waals surface area contributed by atoms with Crippen LogP contribution in [0.1, 0.15) is 64.2 Å². The fourth-order valence-electron chi connectivity index (χ4n) is 7.67. The maximum Gasteiger partial charge on any atom is 0.258 e. The topological polar surface area (TPSA) is 205 Å². The van der Waals surface area contributed by atoms with Gasteiger partial charge < -0.3 is 43.1 Å². The quantitative estimate of drug-likeness (QED) is 0.104. The molecular formula is C55H50N6O9. The van der Waals surface area contributed by atoms with Gasteiger partial charge in [0.15, 0.2) is 0 Å². The van der Waals surface area contributed by atoms with Crippen LogP contribution >= 0.6 is 0 Å². The summed E-state index contributed by atoms with van der Waals surface area (Å²) in [5.41, 5.74) is 4.94. The van der Waals surface area contributed by atoms with Crippen molar-refractivity contribution in [1.29, 1.82) is 0 Å². The molecule has 3 heterocycles. The van der Waals surface area contributed by atoms with Crippen molar-refractivity contribution >= 4 is 0 Å². The van der Waals surface area contributed by atoms with Crippen molar-refractivity contribution in [3.05, 3.63) is 146 Å². The standard InChI is InChI=1S/C20H20N2O3.C18H16N2O3.C17H14N2O3/c23-16-10-6-15(7-11-16)20-21-19(22-25-20)14-8-12-18(13-9-14)24-17-4-2-1-3-5-17;21-14-8-4-13(5-9-14)18-19-17(20-23-18)12-6-10-16(11-7-12)22-15-2-1-3-15;20-13-5-1-12(2-6-13)17-18-16(19-22-17)11-3-7-14(8-4-11)21-15-9-10-15/h6-13,17,23H,1-5H2;4-11,15,21H,1-3H2;1-8,15,20H,9-10H2. The lowest BCUT2D eigenvalue weighted by Crippen LogP contribution is -2.24. The van der Waals surface area contributed by atoms with Gasteiger partial charge in [0.2, 0.25) is 17.5 Å². The molecule has 15 heteroatoms. The molecule has 0 radical (unpaired) electrons. The number of aromatic nitrogens is 6. The zero-order valence-corrected chi connectivity index (χ0v) is 38.1. The Balaban J connectivity index is 0.000000122. The number of aromatic hydroxyl groups is 3. The number of ether oxygens (including phenoxy) is 3. The molecule has 15 nitrogen and oxygen atoms in total. The van der Waals surface area contributed by atoms with Crippen LogP contribution in [-0.2, 0) is 0 Å². The van der Waals surface area contributed by atoms with Gasteiger partial charge in [0, 0.05) is 33.4 Å². The second-order valence-electron chi connectivity index (χ2n) is 17.3. The van der Waals surface area contributed by atoms with Crippen molar-refractivity contribution in [3.8, 4) is 103 Å². The van der Waals surface area contributed by atoms with E-state index in [9.17, 15) is 15.3 Å². The third-order valence-electron chi connectivity index (χ3n) is 12.0. The fraction of sp³-hybridized carbons (Fsp3) is 0.236. The molecular weight excluding hydrogens is 889 g/mol. The molecule has 0 amide bonds. The van der Waals surface area contributed by atoms with Gasteiger partial charge in [-0.15, -0.1) is 0 Å². The lowest BCUT2D eigenvalue weighted by atomic mass is 9.96. The summed E-state index contributed by atoms with van der Waals surface area (Å²) in [6.45, 7) is 0. The van der Waals surface area contributed by atoms with Crippen LogP contribution in [-0.4, -0.2) is 64.1 Å². The summed E-state index contributed by atoms with van der Waals surface area (Å²) in [5.74, 6) is 6.12. The molecule has 0 atom stereocenters. The molecule has 3 aromatic heterocycles. The van der Waals surface area contributed by atoms with E-state index in [1.165, 1.54) is 25.7 Å². The van der Waals surface area contributed by atoms with Gasteiger partial charge in [0.25, 0.3) is 17.7 Å². The number of phenols is 3. The third kappa shape index (κ3) is 11.8. The number of phenolic OH excluding ortho intramolecular Hbond substituents is 3. The van der Waals surface area contributed by atoms with E-state index in [-0.39, 0.29) is 17.2 Å². The van der Waals surface area contributed by atoms with Crippen molar-refractivity contribution in [2.24, 2.45) is 0 Å². The molecule has 0 unspecified atom stereocenters. The largest absolute Gasteiger partial charge is 0.508 e. The van der Waals surface area contributed by atoms with Crippen LogP contribution in [0.25, 0.3) is 68.5 Å². The number of benzene rings is 6. The van der Waals surface area contributed by atoms with E-state index in [1.807, 2.05) is 72.8 Å². The summed E-state index contributed by atoms with van der Waals surface area (Å²) >= 11 is 0. The van der Waals surface area contributed by atoms with Crippen molar-refractivity contribution in [2.75, 3.05) is 0 Å². The average molecular weight is 939 g/mol. The molecule has 3 saturated carbocycles. The maximum atomic E-state index is 9.35. The summed E-state index contributed by atoms with van der Waals surface area (Å²) < 4.78 is 33.5. The molecule has 3 N–H and O–H groups in total. The Kier molecular flexibility index (Phi) is 13.7. The van der Waals surface area contributed by atoms with E-state index in [0.717, 1.165) is 89.2 Å². The molecule has 354 valence electrons. The summed E-state index contributed by atoms with van der Waals surface area (Å²) in [6.07, 6.45) is 13.0. The van der Waals surface area contributed by atoms with Gasteiger partial charge in [0.1, 0.15) is 34.5 Å². The lowest BCUT2D eigenvalue weighted by Gasteiger charge is -2.26. The van der Waals surface area contributed by atoms with Crippen LogP contribution in [0.2, 0.25) is 0 Å². The zero-order valence-electron chi connectivity index (χ0n) is 38.1. The van der Waals surface area contributed by atoms with Crippen LogP contribution in [0.15, 0.2) is 159 Å². The number of rotatable bonds is 12. The summed E-state index contributed by atoms with van der Waals surface area (Å²) in [7, 11) is 0. The Morgan fingerprint density at radius 1 is 0.314 bits per heavy atom. The minimum Gasteiger partial charge on any atom is -0.508 e. The van der Waals surface area contributed by atoms with Gasteiger partial charge in [-0.25, -0.2) is 0 Å². The first-order chi connectivity index (χ1) is 34.3. The highest BCUT2D eigenvalue weighted by Crippen LogP contribution is 2.32. The van der Waals surface area contributed by atoms with Crippen LogP contribution < -0.4 is 14.2 Å². The minimum absolute atomic E-state index is 0.203. The SMILES string of the molecule is Oc1ccc(-c2nc(-c3ccc(OC4CC4)cc3)no2)cc1.Oc1ccc(-c2nc(-c3ccc(OC4CCC4)cc3)no2)cc1.Oc1ccc(-c2nc(-c3ccc(OC4CCCCC4)cc3)no2)cc1. The van der Waals surface area contributed by atoms with Crippen molar-refractivity contribution in [3.63, 3.8) is 0 Å². The Hall–Kier alpha value is -8.46. The molecule has 3 aliphatic carbocycles. The Bertz CT molecular complexity index is 3050. The van der Waals surface area contributed by atoms with E-state index < -0.39 is 0 Å². The van der Waals surface area contributed by atoms with Gasteiger partial charge in [0.05, 0.1) is 18.3 Å². The Labute approximate surface area is 403 Å². The molecule has 70 heavy (non-hydrogen) atoms. The molecule has 0 saturated heterocycles. The van der Waals surface area contributed by atoms with E-state index in [0.29, 0.717) is 53.5 Å². The van der Waals surface area contributed by atoms with Crippen molar-refractivity contribution < 1.29 is 43.1 Å². The average Bonchev–Trinajstić information content (AvgIpc) is 3.72. The van der Waals surface area contributed by atoms with Gasteiger partial charge in [-0.3, -0.25) is 0 Å². The molecule has 12 rings (SSSR count). The highest BCUT2D eigenvalue weighted by Gasteiger charge is 2.24. The highest BCUT2D eigenvalue weighted by atomic mass is 16.5. The zero-order chi connectivity index (χ0) is 47.7. The van der Waals surface area contributed by atoms with Crippen molar-refractivity contribution in [2.45, 2.75) is 82.5 Å². The number of hydrogen-bond donors (Lipinski definition) is 3. The molecule has 3 aliphatic rings. The maximum absolute atomic E-state index is 9.35. The van der Waals surface area contributed by atoms with E-state index >= 15 is 0 Å². The Morgan fingerprint density at radius 3 is 0.857 bits per heavy atom. The first-order valence-corrected chi connectivity index (χ1v) is 23.5.